The summed E-state index contributed by atoms with van der Waals surface area (Å²) in [6.07, 6.45) is 6.51. The van der Waals surface area contributed by atoms with E-state index in [4.69, 9.17) is 0 Å². The number of sulfonamides is 1. The lowest BCUT2D eigenvalue weighted by atomic mass is 10.1. The quantitative estimate of drug-likeness (QED) is 0.836. The van der Waals surface area contributed by atoms with Gasteiger partial charge in [0, 0.05) is 6.54 Å². The minimum absolute atomic E-state index is 0.327. The molecule has 0 amide bonds. The van der Waals surface area contributed by atoms with Gasteiger partial charge in [-0.2, -0.15) is 0 Å². The molecule has 0 spiro atoms. The molecule has 0 aromatic heterocycles. The molecule has 1 heterocycles. The molecule has 0 atom stereocenters. The second-order valence-corrected chi connectivity index (χ2v) is 7.89. The maximum Gasteiger partial charge on any atom is 0.264 e. The average molecular weight is 339 g/mol. The number of benzene rings is 2. The first-order valence-corrected chi connectivity index (χ1v) is 9.46. The largest absolute Gasteiger partial charge is 0.265 e. The zero-order valence-electron chi connectivity index (χ0n) is 13.9. The van der Waals surface area contributed by atoms with Crippen molar-refractivity contribution in [1.82, 2.24) is 4.31 Å². The molecule has 0 fully saturated rings. The Bertz CT molecular complexity index is 893. The number of nitrogens with zero attached hydrogens (tertiary/aromatic N) is 1. The summed E-state index contributed by atoms with van der Waals surface area (Å²) < 4.78 is 27.9. The molecule has 4 heteroatoms. The summed E-state index contributed by atoms with van der Waals surface area (Å²) in [5.41, 5.74) is 3.78. The van der Waals surface area contributed by atoms with Crippen LogP contribution in [0.4, 0.5) is 0 Å². The van der Waals surface area contributed by atoms with Crippen molar-refractivity contribution in [3.63, 3.8) is 0 Å². The van der Waals surface area contributed by atoms with Crippen molar-refractivity contribution in [2.24, 2.45) is 0 Å². The molecule has 0 aliphatic carbocycles. The van der Waals surface area contributed by atoms with Crippen LogP contribution in [0.3, 0.4) is 0 Å². The summed E-state index contributed by atoms with van der Waals surface area (Å²) in [4.78, 5) is 0.327. The SMILES string of the molecule is Cc1ccc(S(=O)(=O)N2CCC=CC=C2c2cccc(C)c2)cc1. The number of hydrogen-bond acceptors (Lipinski definition) is 2. The first-order valence-electron chi connectivity index (χ1n) is 8.02. The van der Waals surface area contributed by atoms with Crippen LogP contribution >= 0.6 is 0 Å². The van der Waals surface area contributed by atoms with Crippen molar-refractivity contribution in [3.8, 4) is 0 Å². The molecular formula is C20H21NO2S. The van der Waals surface area contributed by atoms with Gasteiger partial charge in [0.15, 0.2) is 0 Å². The minimum atomic E-state index is -3.59. The van der Waals surface area contributed by atoms with Crippen molar-refractivity contribution in [2.75, 3.05) is 6.54 Å². The summed E-state index contributed by atoms with van der Waals surface area (Å²) in [7, 11) is -3.59. The van der Waals surface area contributed by atoms with Crippen LogP contribution in [0.2, 0.25) is 0 Å². The van der Waals surface area contributed by atoms with Crippen LogP contribution in [0, 0.1) is 13.8 Å². The smallest absolute Gasteiger partial charge is 0.264 e. The van der Waals surface area contributed by atoms with Gasteiger partial charge >= 0.3 is 0 Å². The highest BCUT2D eigenvalue weighted by molar-refractivity contribution is 7.89. The van der Waals surface area contributed by atoms with Crippen LogP contribution in [0.1, 0.15) is 23.1 Å². The van der Waals surface area contributed by atoms with E-state index in [9.17, 15) is 8.42 Å². The second kappa shape index (κ2) is 6.65. The number of allylic oxidation sites excluding steroid dienone is 2. The fourth-order valence-corrected chi connectivity index (χ4v) is 4.29. The zero-order valence-corrected chi connectivity index (χ0v) is 14.8. The predicted octanol–water partition coefficient (Wildman–Crippen LogP) is 4.30. The number of rotatable bonds is 3. The minimum Gasteiger partial charge on any atom is -0.265 e. The lowest BCUT2D eigenvalue weighted by molar-refractivity contribution is 0.514. The second-order valence-electron chi connectivity index (χ2n) is 6.03. The maximum absolute atomic E-state index is 13.2. The first kappa shape index (κ1) is 16.5. The Hall–Kier alpha value is -2.33. The molecule has 1 aliphatic heterocycles. The Morgan fingerprint density at radius 1 is 0.958 bits per heavy atom. The van der Waals surface area contributed by atoms with E-state index in [1.54, 1.807) is 12.1 Å². The van der Waals surface area contributed by atoms with Crippen LogP contribution in [0.5, 0.6) is 0 Å². The summed E-state index contributed by atoms with van der Waals surface area (Å²) in [5.74, 6) is 0. The van der Waals surface area contributed by atoms with E-state index in [0.717, 1.165) is 16.7 Å². The molecule has 0 saturated heterocycles. The summed E-state index contributed by atoms with van der Waals surface area (Å²) >= 11 is 0. The van der Waals surface area contributed by atoms with E-state index in [1.807, 2.05) is 68.5 Å². The topological polar surface area (TPSA) is 37.4 Å². The highest BCUT2D eigenvalue weighted by Crippen LogP contribution is 2.29. The Labute approximate surface area is 144 Å². The Morgan fingerprint density at radius 3 is 2.42 bits per heavy atom. The highest BCUT2D eigenvalue weighted by atomic mass is 32.2. The first-order chi connectivity index (χ1) is 11.5. The van der Waals surface area contributed by atoms with Crippen molar-refractivity contribution < 1.29 is 8.42 Å². The maximum atomic E-state index is 13.2. The lowest BCUT2D eigenvalue weighted by Gasteiger charge is -2.26. The van der Waals surface area contributed by atoms with Crippen LogP contribution in [0.25, 0.3) is 5.70 Å². The fourth-order valence-electron chi connectivity index (χ4n) is 2.78. The van der Waals surface area contributed by atoms with E-state index >= 15 is 0 Å². The monoisotopic (exact) mass is 339 g/mol. The third kappa shape index (κ3) is 3.29. The molecule has 3 nitrogen and oxygen atoms in total. The van der Waals surface area contributed by atoms with Gasteiger partial charge in [-0.3, -0.25) is 4.31 Å². The van der Waals surface area contributed by atoms with E-state index in [0.29, 0.717) is 23.6 Å². The summed E-state index contributed by atoms with van der Waals surface area (Å²) in [6.45, 7) is 4.40. The van der Waals surface area contributed by atoms with Gasteiger partial charge in [0.05, 0.1) is 10.6 Å². The Morgan fingerprint density at radius 2 is 1.71 bits per heavy atom. The van der Waals surface area contributed by atoms with Crippen molar-refractivity contribution in [3.05, 3.63) is 83.4 Å². The predicted molar refractivity (Wildman–Crippen MR) is 98.0 cm³/mol. The average Bonchev–Trinajstić information content (AvgIpc) is 2.81. The molecule has 0 radical (unpaired) electrons. The molecule has 3 rings (SSSR count). The fraction of sp³-hybridized carbons (Fsp3) is 0.200. The van der Waals surface area contributed by atoms with Crippen LogP contribution < -0.4 is 0 Å². The van der Waals surface area contributed by atoms with E-state index in [2.05, 4.69) is 0 Å². The summed E-state index contributed by atoms with van der Waals surface area (Å²) in [5, 5.41) is 0. The third-order valence-corrected chi connectivity index (χ3v) is 5.91. The zero-order chi connectivity index (χ0) is 17.2. The molecule has 0 N–H and O–H groups in total. The molecule has 0 bridgehead atoms. The van der Waals surface area contributed by atoms with Gasteiger partial charge in [0.2, 0.25) is 0 Å². The third-order valence-electron chi connectivity index (χ3n) is 4.08. The molecular weight excluding hydrogens is 318 g/mol. The van der Waals surface area contributed by atoms with Crippen molar-refractivity contribution >= 4 is 15.7 Å². The molecule has 2 aromatic rings. The van der Waals surface area contributed by atoms with Crippen molar-refractivity contribution in [2.45, 2.75) is 25.2 Å². The molecule has 0 saturated carbocycles. The van der Waals surface area contributed by atoms with Crippen molar-refractivity contribution in [1.29, 1.82) is 0 Å². The highest BCUT2D eigenvalue weighted by Gasteiger charge is 2.27. The molecule has 0 unspecified atom stereocenters. The molecule has 24 heavy (non-hydrogen) atoms. The van der Waals surface area contributed by atoms with Gasteiger partial charge in [-0.25, -0.2) is 8.42 Å². The number of aryl methyl sites for hydroxylation is 2. The van der Waals surface area contributed by atoms with Gasteiger partial charge in [0.25, 0.3) is 10.0 Å². The van der Waals surface area contributed by atoms with Gasteiger partial charge in [0.1, 0.15) is 0 Å². The number of hydrogen-bond donors (Lipinski definition) is 0. The van der Waals surface area contributed by atoms with Gasteiger partial charge in [-0.1, -0.05) is 53.6 Å². The van der Waals surface area contributed by atoms with E-state index < -0.39 is 10.0 Å². The molecule has 124 valence electrons. The normalized spacial score (nSPS) is 15.1. The van der Waals surface area contributed by atoms with E-state index in [1.165, 1.54) is 4.31 Å². The Kier molecular flexibility index (Phi) is 4.58. The van der Waals surface area contributed by atoms with Gasteiger partial charge in [-0.15, -0.1) is 0 Å². The molecule has 2 aromatic carbocycles. The standard InChI is InChI=1S/C20H21NO2S/c1-16-10-12-19(13-11-16)24(22,23)21-14-5-3-4-9-20(21)18-8-6-7-17(2)15-18/h3-4,6-13,15H,5,14H2,1-2H3. The van der Waals surface area contributed by atoms with Crippen LogP contribution in [-0.4, -0.2) is 19.3 Å². The van der Waals surface area contributed by atoms with E-state index in [-0.39, 0.29) is 0 Å². The van der Waals surface area contributed by atoms with Gasteiger partial charge in [-0.05, 0) is 50.1 Å². The van der Waals surface area contributed by atoms with Crippen LogP contribution in [0.15, 0.2) is 71.7 Å². The Balaban J connectivity index is 2.08. The van der Waals surface area contributed by atoms with Gasteiger partial charge < -0.3 is 0 Å². The lowest BCUT2D eigenvalue weighted by Crippen LogP contribution is -2.30. The molecule has 1 aliphatic rings. The summed E-state index contributed by atoms with van der Waals surface area (Å²) in [6, 6.07) is 15.0. The van der Waals surface area contributed by atoms with Crippen LogP contribution in [-0.2, 0) is 10.0 Å².